The standard InChI is InChI=1S/C15H17BrN2O2S2/c1-10(19)17-12(13-4-3-7-21-13)8-15(20)18(2)9-11-5-6-14(16)22-11/h3-7,12H,8-9H2,1-2H3,(H,17,19). The molecule has 4 nitrogen and oxygen atoms in total. The highest BCUT2D eigenvalue weighted by Crippen LogP contribution is 2.25. The Morgan fingerprint density at radius 1 is 1.36 bits per heavy atom. The van der Waals surface area contributed by atoms with E-state index in [4.69, 9.17) is 0 Å². The Morgan fingerprint density at radius 3 is 2.68 bits per heavy atom. The summed E-state index contributed by atoms with van der Waals surface area (Å²) in [5, 5.41) is 4.80. The summed E-state index contributed by atoms with van der Waals surface area (Å²) >= 11 is 6.58. The quantitative estimate of drug-likeness (QED) is 0.801. The van der Waals surface area contributed by atoms with E-state index >= 15 is 0 Å². The molecule has 0 radical (unpaired) electrons. The number of carbonyl (C=O) groups is 2. The van der Waals surface area contributed by atoms with E-state index in [1.807, 2.05) is 29.6 Å². The number of rotatable bonds is 6. The van der Waals surface area contributed by atoms with E-state index in [9.17, 15) is 9.59 Å². The number of halogens is 1. The first-order valence-electron chi connectivity index (χ1n) is 6.74. The zero-order valence-electron chi connectivity index (χ0n) is 12.3. The van der Waals surface area contributed by atoms with Gasteiger partial charge in [-0.15, -0.1) is 22.7 Å². The molecule has 22 heavy (non-hydrogen) atoms. The van der Waals surface area contributed by atoms with Crippen LogP contribution in [-0.4, -0.2) is 23.8 Å². The van der Waals surface area contributed by atoms with Gasteiger partial charge in [0.05, 0.1) is 22.8 Å². The van der Waals surface area contributed by atoms with Crippen LogP contribution in [0.5, 0.6) is 0 Å². The predicted molar refractivity (Wildman–Crippen MR) is 94.0 cm³/mol. The second-order valence-corrected chi connectivity index (χ2v) is 8.46. The Hall–Kier alpha value is -1.18. The van der Waals surface area contributed by atoms with Crippen molar-refractivity contribution in [3.63, 3.8) is 0 Å². The van der Waals surface area contributed by atoms with Gasteiger partial charge in [-0.1, -0.05) is 6.07 Å². The molecule has 0 saturated carbocycles. The van der Waals surface area contributed by atoms with Crippen molar-refractivity contribution in [3.8, 4) is 0 Å². The van der Waals surface area contributed by atoms with Gasteiger partial charge in [0.15, 0.2) is 0 Å². The van der Waals surface area contributed by atoms with E-state index in [1.165, 1.54) is 6.92 Å². The van der Waals surface area contributed by atoms with Crippen molar-refractivity contribution in [1.82, 2.24) is 10.2 Å². The van der Waals surface area contributed by atoms with Gasteiger partial charge in [0.25, 0.3) is 0 Å². The van der Waals surface area contributed by atoms with Gasteiger partial charge < -0.3 is 10.2 Å². The minimum atomic E-state index is -0.262. The minimum Gasteiger partial charge on any atom is -0.348 e. The molecule has 2 aromatic heterocycles. The number of thiophene rings is 2. The average Bonchev–Trinajstić information content (AvgIpc) is 3.09. The van der Waals surface area contributed by atoms with Gasteiger partial charge >= 0.3 is 0 Å². The van der Waals surface area contributed by atoms with Crippen molar-refractivity contribution in [1.29, 1.82) is 0 Å². The molecule has 0 saturated heterocycles. The number of hydrogen-bond acceptors (Lipinski definition) is 4. The molecule has 2 aromatic rings. The summed E-state index contributed by atoms with van der Waals surface area (Å²) < 4.78 is 1.05. The molecule has 0 aliphatic rings. The van der Waals surface area contributed by atoms with Gasteiger partial charge in [-0.3, -0.25) is 9.59 Å². The largest absolute Gasteiger partial charge is 0.348 e. The maximum atomic E-state index is 12.4. The van der Waals surface area contributed by atoms with Gasteiger partial charge in [0.1, 0.15) is 0 Å². The van der Waals surface area contributed by atoms with E-state index in [2.05, 4.69) is 21.2 Å². The van der Waals surface area contributed by atoms with E-state index in [0.717, 1.165) is 13.5 Å². The molecule has 1 N–H and O–H groups in total. The van der Waals surface area contributed by atoms with Crippen molar-refractivity contribution in [3.05, 3.63) is 43.2 Å². The Kier molecular flexibility index (Phi) is 6.16. The van der Waals surface area contributed by atoms with Crippen molar-refractivity contribution >= 4 is 50.4 Å². The van der Waals surface area contributed by atoms with Gasteiger partial charge in [-0.2, -0.15) is 0 Å². The Morgan fingerprint density at radius 2 is 2.14 bits per heavy atom. The molecule has 0 aliphatic carbocycles. The molecule has 0 aromatic carbocycles. The molecule has 1 atom stereocenters. The third kappa shape index (κ3) is 4.93. The Bertz CT molecular complexity index is 640. The number of amides is 2. The summed E-state index contributed by atoms with van der Waals surface area (Å²) in [5.74, 6) is -0.118. The van der Waals surface area contributed by atoms with Crippen LogP contribution in [0.1, 0.15) is 29.1 Å². The van der Waals surface area contributed by atoms with Crippen LogP contribution < -0.4 is 5.32 Å². The number of carbonyl (C=O) groups excluding carboxylic acids is 2. The van der Waals surface area contributed by atoms with Crippen molar-refractivity contribution < 1.29 is 9.59 Å². The molecule has 1 unspecified atom stereocenters. The molecular formula is C15H17BrN2O2S2. The lowest BCUT2D eigenvalue weighted by atomic mass is 10.1. The molecule has 7 heteroatoms. The number of nitrogens with one attached hydrogen (secondary N) is 1. The predicted octanol–water partition coefficient (Wildman–Crippen LogP) is 3.80. The number of nitrogens with zero attached hydrogens (tertiary/aromatic N) is 1. The highest BCUT2D eigenvalue weighted by Gasteiger charge is 2.20. The molecule has 2 rings (SSSR count). The highest BCUT2D eigenvalue weighted by molar-refractivity contribution is 9.11. The molecule has 0 aliphatic heterocycles. The lowest BCUT2D eigenvalue weighted by Gasteiger charge is -2.21. The van der Waals surface area contributed by atoms with Crippen LogP contribution in [0, 0.1) is 0 Å². The van der Waals surface area contributed by atoms with Gasteiger partial charge in [-0.25, -0.2) is 0 Å². The van der Waals surface area contributed by atoms with Crippen molar-refractivity contribution in [2.24, 2.45) is 0 Å². The topological polar surface area (TPSA) is 49.4 Å². The zero-order chi connectivity index (χ0) is 16.1. The molecular weight excluding hydrogens is 384 g/mol. The monoisotopic (exact) mass is 400 g/mol. The summed E-state index contributed by atoms with van der Waals surface area (Å²) in [7, 11) is 1.79. The highest BCUT2D eigenvalue weighted by atomic mass is 79.9. The Labute approximate surface area is 146 Å². The molecule has 0 spiro atoms. The fourth-order valence-electron chi connectivity index (χ4n) is 2.05. The molecule has 0 fully saturated rings. The van der Waals surface area contributed by atoms with Crippen LogP contribution in [-0.2, 0) is 16.1 Å². The summed E-state index contributed by atoms with van der Waals surface area (Å²) in [6.07, 6.45) is 0.267. The molecule has 2 amide bonds. The van der Waals surface area contributed by atoms with Gasteiger partial charge in [0, 0.05) is 23.7 Å². The minimum absolute atomic E-state index is 0.0108. The lowest BCUT2D eigenvalue weighted by molar-refractivity contribution is -0.131. The summed E-state index contributed by atoms with van der Waals surface area (Å²) in [6.45, 7) is 2.05. The average molecular weight is 401 g/mol. The fraction of sp³-hybridized carbons (Fsp3) is 0.333. The fourth-order valence-corrected chi connectivity index (χ4v) is 4.36. The number of hydrogen-bond donors (Lipinski definition) is 1. The Balaban J connectivity index is 1.99. The van der Waals surface area contributed by atoms with E-state index in [-0.39, 0.29) is 24.3 Å². The molecule has 118 valence electrons. The van der Waals surface area contributed by atoms with Crippen molar-refractivity contribution in [2.75, 3.05) is 7.05 Å². The second kappa shape index (κ2) is 7.89. The van der Waals surface area contributed by atoms with Gasteiger partial charge in [-0.05, 0) is 39.5 Å². The summed E-state index contributed by atoms with van der Waals surface area (Å²) in [6, 6.07) is 7.58. The van der Waals surface area contributed by atoms with Crippen LogP contribution in [0.3, 0.4) is 0 Å². The van der Waals surface area contributed by atoms with E-state index in [0.29, 0.717) is 6.54 Å². The first-order valence-corrected chi connectivity index (χ1v) is 9.23. The molecule has 2 heterocycles. The maximum absolute atomic E-state index is 12.4. The second-order valence-electron chi connectivity index (χ2n) is 4.93. The lowest BCUT2D eigenvalue weighted by Crippen LogP contribution is -2.33. The van der Waals surface area contributed by atoms with Crippen LogP contribution in [0.15, 0.2) is 33.4 Å². The van der Waals surface area contributed by atoms with Crippen molar-refractivity contribution in [2.45, 2.75) is 25.9 Å². The smallest absolute Gasteiger partial charge is 0.225 e. The van der Waals surface area contributed by atoms with Crippen LogP contribution in [0.2, 0.25) is 0 Å². The maximum Gasteiger partial charge on any atom is 0.225 e. The molecule has 0 bridgehead atoms. The SMILES string of the molecule is CC(=O)NC(CC(=O)N(C)Cc1ccc(Br)s1)c1cccs1. The van der Waals surface area contributed by atoms with E-state index < -0.39 is 0 Å². The third-order valence-corrected chi connectivity index (χ3v) is 5.68. The van der Waals surface area contributed by atoms with Crippen LogP contribution in [0.4, 0.5) is 0 Å². The first kappa shape index (κ1) is 17.2. The normalized spacial score (nSPS) is 12.0. The van der Waals surface area contributed by atoms with Crippen LogP contribution >= 0.6 is 38.6 Å². The van der Waals surface area contributed by atoms with Gasteiger partial charge in [0.2, 0.25) is 11.8 Å². The third-order valence-electron chi connectivity index (χ3n) is 3.09. The zero-order valence-corrected chi connectivity index (χ0v) is 15.6. The van der Waals surface area contributed by atoms with Crippen LogP contribution in [0.25, 0.3) is 0 Å². The summed E-state index contributed by atoms with van der Waals surface area (Å²) in [4.78, 5) is 27.6. The first-order chi connectivity index (χ1) is 10.5. The van der Waals surface area contributed by atoms with E-state index in [1.54, 1.807) is 34.6 Å². The summed E-state index contributed by atoms with van der Waals surface area (Å²) in [5.41, 5.74) is 0.